The number of benzene rings is 2. The van der Waals surface area contributed by atoms with Gasteiger partial charge in [0.25, 0.3) is 0 Å². The number of aromatic nitrogens is 2. The first-order valence-corrected chi connectivity index (χ1v) is 8.58. The Kier molecular flexibility index (Phi) is 5.46. The van der Waals surface area contributed by atoms with E-state index in [1.165, 1.54) is 13.4 Å². The summed E-state index contributed by atoms with van der Waals surface area (Å²) in [5, 5.41) is 17.6. The van der Waals surface area contributed by atoms with E-state index in [4.69, 9.17) is 4.74 Å². The highest BCUT2D eigenvalue weighted by Crippen LogP contribution is 2.35. The van der Waals surface area contributed by atoms with Crippen LogP contribution in [-0.4, -0.2) is 22.0 Å². The molecule has 0 atom stereocenters. The molecule has 2 aromatic carbocycles. The molecule has 0 aliphatic rings. The van der Waals surface area contributed by atoms with Crippen molar-refractivity contribution in [3.63, 3.8) is 0 Å². The van der Waals surface area contributed by atoms with E-state index in [9.17, 15) is 10.1 Å². The zero-order valence-corrected chi connectivity index (χ0v) is 15.8. The van der Waals surface area contributed by atoms with Crippen LogP contribution in [0.4, 0.5) is 28.7 Å². The van der Waals surface area contributed by atoms with E-state index >= 15 is 0 Å². The van der Waals surface area contributed by atoms with E-state index in [-0.39, 0.29) is 17.3 Å². The molecule has 26 heavy (non-hydrogen) atoms. The van der Waals surface area contributed by atoms with Crippen molar-refractivity contribution < 1.29 is 9.66 Å². The van der Waals surface area contributed by atoms with Crippen LogP contribution in [0.5, 0.6) is 5.75 Å². The van der Waals surface area contributed by atoms with Gasteiger partial charge in [-0.05, 0) is 59.0 Å². The third-order valence-corrected chi connectivity index (χ3v) is 4.19. The summed E-state index contributed by atoms with van der Waals surface area (Å²) < 4.78 is 6.32. The van der Waals surface area contributed by atoms with Crippen molar-refractivity contribution >= 4 is 51.3 Å². The van der Waals surface area contributed by atoms with Crippen molar-refractivity contribution in [1.82, 2.24) is 9.97 Å². The first-order valence-electron chi connectivity index (χ1n) is 7.50. The third kappa shape index (κ3) is 3.99. The molecule has 9 heteroatoms. The first kappa shape index (κ1) is 17.9. The number of ether oxygens (including phenoxy) is 1. The van der Waals surface area contributed by atoms with Crippen LogP contribution in [0.2, 0.25) is 0 Å². The topological polar surface area (TPSA) is 102 Å². The fourth-order valence-corrected chi connectivity index (χ4v) is 2.64. The highest BCUT2D eigenvalue weighted by atomic mass is 127. The number of anilines is 4. The molecular formula is C17H14IN5O3. The summed E-state index contributed by atoms with van der Waals surface area (Å²) in [6.45, 7) is 0. The minimum absolute atomic E-state index is 0.0718. The monoisotopic (exact) mass is 463 g/mol. The Morgan fingerprint density at radius 2 is 1.69 bits per heavy atom. The Balaban J connectivity index is 1.98. The van der Waals surface area contributed by atoms with Gasteiger partial charge in [0.15, 0.2) is 0 Å². The van der Waals surface area contributed by atoms with Crippen LogP contribution in [0.15, 0.2) is 54.9 Å². The highest BCUT2D eigenvalue weighted by molar-refractivity contribution is 14.1. The minimum atomic E-state index is -0.521. The number of rotatable bonds is 6. The molecule has 3 rings (SSSR count). The van der Waals surface area contributed by atoms with Crippen molar-refractivity contribution in [3.05, 3.63) is 68.5 Å². The van der Waals surface area contributed by atoms with Gasteiger partial charge >= 0.3 is 5.69 Å². The van der Waals surface area contributed by atoms with E-state index in [1.807, 2.05) is 30.3 Å². The van der Waals surface area contributed by atoms with Gasteiger partial charge in [0.2, 0.25) is 11.6 Å². The summed E-state index contributed by atoms with van der Waals surface area (Å²) >= 11 is 2.19. The average Bonchev–Trinajstić information content (AvgIpc) is 2.64. The van der Waals surface area contributed by atoms with Gasteiger partial charge < -0.3 is 15.4 Å². The second-order valence-electron chi connectivity index (χ2n) is 5.13. The molecule has 132 valence electrons. The first-order chi connectivity index (χ1) is 12.6. The van der Waals surface area contributed by atoms with Crippen LogP contribution in [0.25, 0.3) is 0 Å². The summed E-state index contributed by atoms with van der Waals surface area (Å²) in [6.07, 6.45) is 1.26. The van der Waals surface area contributed by atoms with Crippen LogP contribution < -0.4 is 15.4 Å². The van der Waals surface area contributed by atoms with Gasteiger partial charge in [-0.2, -0.15) is 0 Å². The number of nitrogens with zero attached hydrogens (tertiary/aromatic N) is 3. The van der Waals surface area contributed by atoms with Crippen LogP contribution in [0.3, 0.4) is 0 Å². The molecule has 0 saturated carbocycles. The summed E-state index contributed by atoms with van der Waals surface area (Å²) in [5.41, 5.74) is 1.00. The van der Waals surface area contributed by atoms with Gasteiger partial charge in [-0.25, -0.2) is 9.97 Å². The standard InChI is InChI=1S/C17H14IN5O3/c1-26-14-5-3-2-4-13(14)22-17-15(23(24)25)16(19-10-20-17)21-12-8-6-11(18)7-9-12/h2-10H,1H3,(H2,19,20,21,22). The highest BCUT2D eigenvalue weighted by Gasteiger charge is 2.24. The van der Waals surface area contributed by atoms with Gasteiger partial charge in [-0.1, -0.05) is 12.1 Å². The zero-order valence-electron chi connectivity index (χ0n) is 13.6. The fourth-order valence-electron chi connectivity index (χ4n) is 2.28. The molecule has 0 aliphatic heterocycles. The van der Waals surface area contributed by atoms with Crippen molar-refractivity contribution in [2.24, 2.45) is 0 Å². The summed E-state index contributed by atoms with van der Waals surface area (Å²) in [5.74, 6) is 0.721. The normalized spacial score (nSPS) is 10.2. The molecule has 8 nitrogen and oxygen atoms in total. The lowest BCUT2D eigenvalue weighted by Gasteiger charge is -2.12. The maximum atomic E-state index is 11.6. The predicted octanol–water partition coefficient (Wildman–Crippen LogP) is 4.49. The average molecular weight is 463 g/mol. The molecule has 3 aromatic rings. The van der Waals surface area contributed by atoms with E-state index in [0.29, 0.717) is 17.1 Å². The summed E-state index contributed by atoms with van der Waals surface area (Å²) in [4.78, 5) is 19.2. The maximum Gasteiger partial charge on any atom is 0.353 e. The largest absolute Gasteiger partial charge is 0.495 e. The quantitative estimate of drug-likeness (QED) is 0.316. The molecule has 0 bridgehead atoms. The fraction of sp³-hybridized carbons (Fsp3) is 0.0588. The zero-order chi connectivity index (χ0) is 18.5. The number of methoxy groups -OCH3 is 1. The molecule has 0 fully saturated rings. The van der Waals surface area contributed by atoms with Crippen molar-refractivity contribution in [2.75, 3.05) is 17.7 Å². The van der Waals surface area contributed by atoms with E-state index < -0.39 is 4.92 Å². The lowest BCUT2D eigenvalue weighted by Crippen LogP contribution is -2.06. The van der Waals surface area contributed by atoms with Gasteiger partial charge in [0.05, 0.1) is 17.7 Å². The second-order valence-corrected chi connectivity index (χ2v) is 6.38. The third-order valence-electron chi connectivity index (χ3n) is 3.47. The van der Waals surface area contributed by atoms with Crippen LogP contribution in [0, 0.1) is 13.7 Å². The van der Waals surface area contributed by atoms with Crippen molar-refractivity contribution in [2.45, 2.75) is 0 Å². The van der Waals surface area contributed by atoms with Gasteiger partial charge in [-0.15, -0.1) is 0 Å². The molecule has 0 unspecified atom stereocenters. The molecule has 0 radical (unpaired) electrons. The molecule has 0 saturated heterocycles. The molecule has 0 aliphatic carbocycles. The summed E-state index contributed by atoms with van der Waals surface area (Å²) in [6, 6.07) is 14.5. The smallest absolute Gasteiger partial charge is 0.353 e. The number of hydrogen-bond acceptors (Lipinski definition) is 7. The Morgan fingerprint density at radius 3 is 2.35 bits per heavy atom. The van der Waals surface area contributed by atoms with Gasteiger partial charge in [0, 0.05) is 9.26 Å². The number of para-hydroxylation sites is 2. The Hall–Kier alpha value is -2.95. The second kappa shape index (κ2) is 7.95. The number of hydrogen-bond donors (Lipinski definition) is 2. The number of nitrogens with one attached hydrogen (secondary N) is 2. The molecule has 2 N–H and O–H groups in total. The SMILES string of the molecule is COc1ccccc1Nc1ncnc(Nc2ccc(I)cc2)c1[N+](=O)[O-]. The van der Waals surface area contributed by atoms with Crippen LogP contribution in [-0.2, 0) is 0 Å². The molecule has 1 heterocycles. The predicted molar refractivity (Wildman–Crippen MR) is 107 cm³/mol. The lowest BCUT2D eigenvalue weighted by atomic mass is 10.3. The number of nitro groups is 1. The molecule has 0 amide bonds. The lowest BCUT2D eigenvalue weighted by molar-refractivity contribution is -0.383. The Morgan fingerprint density at radius 1 is 1.04 bits per heavy atom. The van der Waals surface area contributed by atoms with Gasteiger partial charge in [-0.3, -0.25) is 10.1 Å². The molecule has 0 spiro atoms. The summed E-state index contributed by atoms with van der Waals surface area (Å²) in [7, 11) is 1.53. The van der Waals surface area contributed by atoms with Crippen LogP contribution >= 0.6 is 22.6 Å². The van der Waals surface area contributed by atoms with Crippen molar-refractivity contribution in [3.8, 4) is 5.75 Å². The van der Waals surface area contributed by atoms with E-state index in [2.05, 4.69) is 43.2 Å². The minimum Gasteiger partial charge on any atom is -0.495 e. The van der Waals surface area contributed by atoms with Crippen LogP contribution in [0.1, 0.15) is 0 Å². The Bertz CT molecular complexity index is 934. The molecular weight excluding hydrogens is 449 g/mol. The van der Waals surface area contributed by atoms with E-state index in [0.717, 1.165) is 3.57 Å². The molecule has 1 aromatic heterocycles. The van der Waals surface area contributed by atoms with Crippen molar-refractivity contribution in [1.29, 1.82) is 0 Å². The maximum absolute atomic E-state index is 11.6. The number of halogens is 1. The van der Waals surface area contributed by atoms with Gasteiger partial charge in [0.1, 0.15) is 12.1 Å². The van der Waals surface area contributed by atoms with E-state index in [1.54, 1.807) is 18.2 Å². The Labute approximate surface area is 162 Å².